The molecule has 0 spiro atoms. The van der Waals surface area contributed by atoms with Crippen molar-refractivity contribution in [1.29, 1.82) is 0 Å². The summed E-state index contributed by atoms with van der Waals surface area (Å²) in [5.41, 5.74) is 7.23. The number of halogens is 1. The Hall–Kier alpha value is -1.92. The quantitative estimate of drug-likeness (QED) is 0.911. The van der Waals surface area contributed by atoms with E-state index < -0.39 is 5.91 Å². The van der Waals surface area contributed by atoms with E-state index in [2.05, 4.69) is 21.3 Å². The average Bonchev–Trinajstić information content (AvgIpc) is 3.08. The molecule has 0 bridgehead atoms. The van der Waals surface area contributed by atoms with Crippen molar-refractivity contribution < 1.29 is 4.79 Å². The molecule has 1 aromatic heterocycles. The van der Waals surface area contributed by atoms with Crippen molar-refractivity contribution >= 4 is 17.5 Å². The molecule has 1 aliphatic rings. The largest absolute Gasteiger partial charge is 0.368 e. The highest BCUT2D eigenvalue weighted by Gasteiger charge is 2.26. The summed E-state index contributed by atoms with van der Waals surface area (Å²) in [6.07, 6.45) is 4.03. The van der Waals surface area contributed by atoms with E-state index in [4.69, 9.17) is 17.3 Å². The van der Waals surface area contributed by atoms with Crippen LogP contribution in [0.25, 0.3) is 0 Å². The molecule has 1 aromatic carbocycles. The molecule has 0 saturated carbocycles. The monoisotopic (exact) mass is 319 g/mol. The summed E-state index contributed by atoms with van der Waals surface area (Å²) in [7, 11) is 0. The van der Waals surface area contributed by atoms with Crippen molar-refractivity contribution in [3.63, 3.8) is 0 Å². The zero-order valence-corrected chi connectivity index (χ0v) is 12.9. The molecular weight excluding hydrogens is 302 g/mol. The summed E-state index contributed by atoms with van der Waals surface area (Å²) < 4.78 is 1.47. The predicted octanol–water partition coefficient (Wildman–Crippen LogP) is 1.75. The summed E-state index contributed by atoms with van der Waals surface area (Å²) in [5.74, 6) is -0.422. The molecule has 2 heterocycles. The molecule has 0 aliphatic carbocycles. The smallest absolute Gasteiger partial charge is 0.239 e. The number of amides is 1. The summed E-state index contributed by atoms with van der Waals surface area (Å²) in [6, 6.07) is 8.35. The number of rotatable bonds is 5. The standard InChI is InChI=1S/C15H18ClN5O/c16-12-4-1-3-11(7-12)14-5-2-6-20(14)8-13-9-21(19-18-13)10-15(17)22/h1,3-4,7,9,14H,2,5-6,8,10H2,(H2,17,22). The number of aromatic nitrogens is 3. The van der Waals surface area contributed by atoms with E-state index in [0.717, 1.165) is 30.1 Å². The molecule has 6 nitrogen and oxygen atoms in total. The first kappa shape index (κ1) is 15.0. The number of carbonyl (C=O) groups excluding carboxylic acids is 1. The third-order valence-corrected chi connectivity index (χ3v) is 4.10. The maximum atomic E-state index is 10.9. The van der Waals surface area contributed by atoms with Crippen LogP contribution >= 0.6 is 11.6 Å². The third-order valence-electron chi connectivity index (χ3n) is 3.87. The lowest BCUT2D eigenvalue weighted by atomic mass is 10.0. The molecule has 1 atom stereocenters. The van der Waals surface area contributed by atoms with E-state index in [-0.39, 0.29) is 6.54 Å². The second-order valence-electron chi connectivity index (χ2n) is 5.56. The maximum absolute atomic E-state index is 10.9. The van der Waals surface area contributed by atoms with Crippen LogP contribution in [0.5, 0.6) is 0 Å². The Labute approximate surface area is 133 Å². The fourth-order valence-electron chi connectivity index (χ4n) is 2.96. The van der Waals surface area contributed by atoms with Gasteiger partial charge < -0.3 is 5.73 Å². The van der Waals surface area contributed by atoms with E-state index in [1.54, 1.807) is 6.20 Å². The fraction of sp³-hybridized carbons (Fsp3) is 0.400. The minimum absolute atomic E-state index is 0.0602. The first-order chi connectivity index (χ1) is 10.6. The second kappa shape index (κ2) is 6.46. The van der Waals surface area contributed by atoms with Gasteiger partial charge in [-0.15, -0.1) is 5.10 Å². The highest BCUT2D eigenvalue weighted by molar-refractivity contribution is 6.30. The molecule has 22 heavy (non-hydrogen) atoms. The highest BCUT2D eigenvalue weighted by Crippen LogP contribution is 2.33. The molecule has 7 heteroatoms. The maximum Gasteiger partial charge on any atom is 0.239 e. The predicted molar refractivity (Wildman–Crippen MR) is 83.1 cm³/mol. The van der Waals surface area contributed by atoms with Crippen molar-refractivity contribution in [3.8, 4) is 0 Å². The lowest BCUT2D eigenvalue weighted by Gasteiger charge is -2.23. The van der Waals surface area contributed by atoms with E-state index in [1.165, 1.54) is 10.2 Å². The van der Waals surface area contributed by atoms with Gasteiger partial charge in [0.25, 0.3) is 0 Å². The van der Waals surface area contributed by atoms with Gasteiger partial charge in [0.1, 0.15) is 6.54 Å². The first-order valence-electron chi connectivity index (χ1n) is 7.28. The summed E-state index contributed by atoms with van der Waals surface area (Å²) in [4.78, 5) is 13.3. The van der Waals surface area contributed by atoms with E-state index in [0.29, 0.717) is 12.6 Å². The zero-order valence-electron chi connectivity index (χ0n) is 12.2. The summed E-state index contributed by atoms with van der Waals surface area (Å²) in [6.45, 7) is 1.78. The minimum atomic E-state index is -0.422. The van der Waals surface area contributed by atoms with Crippen LogP contribution in [0.4, 0.5) is 0 Å². The Morgan fingerprint density at radius 1 is 1.45 bits per heavy atom. The van der Waals surface area contributed by atoms with Crippen molar-refractivity contribution in [2.24, 2.45) is 5.73 Å². The highest BCUT2D eigenvalue weighted by atomic mass is 35.5. The second-order valence-corrected chi connectivity index (χ2v) is 5.99. The molecular formula is C15H18ClN5O. The lowest BCUT2D eigenvalue weighted by Crippen LogP contribution is -2.23. The number of primary amides is 1. The lowest BCUT2D eigenvalue weighted by molar-refractivity contribution is -0.118. The Morgan fingerprint density at radius 2 is 2.32 bits per heavy atom. The summed E-state index contributed by atoms with van der Waals surface area (Å²) in [5, 5.41) is 8.81. The molecule has 116 valence electrons. The molecule has 1 fully saturated rings. The Bertz CT molecular complexity index is 671. The Balaban J connectivity index is 1.71. The molecule has 2 aromatic rings. The average molecular weight is 320 g/mol. The van der Waals surface area contributed by atoms with Crippen LogP contribution in [-0.2, 0) is 17.9 Å². The van der Waals surface area contributed by atoms with Gasteiger partial charge in [0, 0.05) is 17.6 Å². The van der Waals surface area contributed by atoms with Gasteiger partial charge in [-0.1, -0.05) is 28.9 Å². The molecule has 1 unspecified atom stereocenters. The van der Waals surface area contributed by atoms with Crippen molar-refractivity contribution in [2.75, 3.05) is 6.54 Å². The number of carbonyl (C=O) groups is 1. The number of nitrogens with two attached hydrogens (primary N) is 1. The van der Waals surface area contributed by atoms with E-state index in [9.17, 15) is 4.79 Å². The first-order valence-corrected chi connectivity index (χ1v) is 7.66. The van der Waals surface area contributed by atoms with Gasteiger partial charge >= 0.3 is 0 Å². The number of benzene rings is 1. The van der Waals surface area contributed by atoms with Gasteiger partial charge in [-0.05, 0) is 37.1 Å². The SMILES string of the molecule is NC(=O)Cn1cc(CN2CCCC2c2cccc(Cl)c2)nn1. The number of hydrogen-bond donors (Lipinski definition) is 1. The topological polar surface area (TPSA) is 77.0 Å². The van der Waals surface area contributed by atoms with Crippen LogP contribution in [0.15, 0.2) is 30.5 Å². The van der Waals surface area contributed by atoms with E-state index >= 15 is 0 Å². The van der Waals surface area contributed by atoms with E-state index in [1.807, 2.05) is 18.2 Å². The normalized spacial score (nSPS) is 18.7. The Morgan fingerprint density at radius 3 is 3.09 bits per heavy atom. The van der Waals surface area contributed by atoms with Crippen molar-refractivity contribution in [2.45, 2.75) is 32.0 Å². The van der Waals surface area contributed by atoms with Crippen LogP contribution < -0.4 is 5.73 Å². The van der Waals surface area contributed by atoms with Crippen molar-refractivity contribution in [3.05, 3.63) is 46.7 Å². The van der Waals surface area contributed by atoms with Crippen LogP contribution in [0, 0.1) is 0 Å². The minimum Gasteiger partial charge on any atom is -0.368 e. The molecule has 1 saturated heterocycles. The third kappa shape index (κ3) is 3.45. The van der Waals surface area contributed by atoms with Gasteiger partial charge in [0.05, 0.1) is 11.9 Å². The Kier molecular flexibility index (Phi) is 4.40. The number of nitrogens with zero attached hydrogens (tertiary/aromatic N) is 4. The molecule has 2 N–H and O–H groups in total. The molecule has 0 radical (unpaired) electrons. The van der Waals surface area contributed by atoms with Crippen LogP contribution in [0.1, 0.15) is 30.1 Å². The van der Waals surface area contributed by atoms with Crippen LogP contribution in [0.2, 0.25) is 5.02 Å². The molecule has 1 amide bonds. The van der Waals surface area contributed by atoms with Gasteiger partial charge in [-0.25, -0.2) is 4.68 Å². The van der Waals surface area contributed by atoms with Crippen LogP contribution in [-0.4, -0.2) is 32.3 Å². The molecule has 3 rings (SSSR count). The van der Waals surface area contributed by atoms with Gasteiger partial charge in [0.2, 0.25) is 5.91 Å². The summed E-state index contributed by atoms with van der Waals surface area (Å²) >= 11 is 6.09. The molecule has 1 aliphatic heterocycles. The zero-order chi connectivity index (χ0) is 15.5. The fourth-order valence-corrected chi connectivity index (χ4v) is 3.16. The van der Waals surface area contributed by atoms with Gasteiger partial charge in [-0.3, -0.25) is 9.69 Å². The van der Waals surface area contributed by atoms with Crippen molar-refractivity contribution in [1.82, 2.24) is 19.9 Å². The number of hydrogen-bond acceptors (Lipinski definition) is 4. The van der Waals surface area contributed by atoms with Gasteiger partial charge in [0.15, 0.2) is 0 Å². The van der Waals surface area contributed by atoms with Crippen LogP contribution in [0.3, 0.4) is 0 Å². The van der Waals surface area contributed by atoms with Gasteiger partial charge in [-0.2, -0.15) is 0 Å². The number of likely N-dealkylation sites (tertiary alicyclic amines) is 1.